The molecule has 1 aliphatic rings. The molecule has 2 heterocycles. The van der Waals surface area contributed by atoms with E-state index >= 15 is 0 Å². The minimum Gasteiger partial charge on any atom is -0.379 e. The van der Waals surface area contributed by atoms with Gasteiger partial charge in [-0.1, -0.05) is 48.0 Å². The predicted octanol–water partition coefficient (Wildman–Crippen LogP) is 3.45. The van der Waals surface area contributed by atoms with E-state index in [1.807, 2.05) is 12.1 Å². The van der Waals surface area contributed by atoms with Crippen molar-refractivity contribution in [1.82, 2.24) is 14.8 Å². The maximum Gasteiger partial charge on any atom is 0.240 e. The standard InChI is InChI=1S/C24H29N3O2/c1-18-6-5-8-20(14-18)23(26-10-12-29-13-11-26)16-25-24(28)17-27-19(2)15-21-7-3-4-9-22(21)27/h3-9,14-15,23H,10-13,16-17H2,1-2H3,(H,25,28)/t23-/m0/s1. The zero-order chi connectivity index (χ0) is 20.2. The van der Waals surface area contributed by atoms with E-state index in [0.29, 0.717) is 13.1 Å². The molecule has 2 aromatic carbocycles. The van der Waals surface area contributed by atoms with Crippen molar-refractivity contribution < 1.29 is 9.53 Å². The summed E-state index contributed by atoms with van der Waals surface area (Å²) >= 11 is 0. The van der Waals surface area contributed by atoms with E-state index in [0.717, 1.165) is 37.5 Å². The monoisotopic (exact) mass is 391 g/mol. The van der Waals surface area contributed by atoms with E-state index in [-0.39, 0.29) is 11.9 Å². The van der Waals surface area contributed by atoms with Crippen LogP contribution in [-0.2, 0) is 16.1 Å². The second kappa shape index (κ2) is 8.80. The molecule has 0 unspecified atom stereocenters. The van der Waals surface area contributed by atoms with Crippen LogP contribution in [0.2, 0.25) is 0 Å². The highest BCUT2D eigenvalue weighted by Crippen LogP contribution is 2.23. The molecule has 0 radical (unpaired) electrons. The lowest BCUT2D eigenvalue weighted by Crippen LogP contribution is -2.44. The molecular formula is C24H29N3O2. The topological polar surface area (TPSA) is 46.5 Å². The van der Waals surface area contributed by atoms with Crippen molar-refractivity contribution in [3.8, 4) is 0 Å². The van der Waals surface area contributed by atoms with Crippen molar-refractivity contribution in [1.29, 1.82) is 0 Å². The molecule has 0 aliphatic carbocycles. The number of fused-ring (bicyclic) bond motifs is 1. The molecular weight excluding hydrogens is 362 g/mol. The van der Waals surface area contributed by atoms with Crippen molar-refractivity contribution in [2.45, 2.75) is 26.4 Å². The quantitative estimate of drug-likeness (QED) is 0.700. The molecule has 1 amide bonds. The van der Waals surface area contributed by atoms with Crippen molar-refractivity contribution in [3.05, 3.63) is 71.4 Å². The first-order chi connectivity index (χ1) is 14.1. The number of nitrogens with zero attached hydrogens (tertiary/aromatic N) is 2. The van der Waals surface area contributed by atoms with Gasteiger partial charge in [0.05, 0.1) is 19.3 Å². The summed E-state index contributed by atoms with van der Waals surface area (Å²) in [6.07, 6.45) is 0. The molecule has 1 aromatic heterocycles. The van der Waals surface area contributed by atoms with Gasteiger partial charge in [-0.3, -0.25) is 9.69 Å². The van der Waals surface area contributed by atoms with Crippen LogP contribution in [-0.4, -0.2) is 48.2 Å². The molecule has 29 heavy (non-hydrogen) atoms. The lowest BCUT2D eigenvalue weighted by Gasteiger charge is -2.35. The number of benzene rings is 2. The van der Waals surface area contributed by atoms with Gasteiger partial charge >= 0.3 is 0 Å². The first-order valence-electron chi connectivity index (χ1n) is 10.3. The number of amides is 1. The number of morpholine rings is 1. The molecule has 4 rings (SSSR count). The molecule has 3 aromatic rings. The third kappa shape index (κ3) is 4.52. The fourth-order valence-corrected chi connectivity index (χ4v) is 4.19. The van der Waals surface area contributed by atoms with Crippen LogP contribution in [0.3, 0.4) is 0 Å². The Hall–Kier alpha value is -2.63. The number of carbonyl (C=O) groups is 1. The van der Waals surface area contributed by atoms with Crippen molar-refractivity contribution in [3.63, 3.8) is 0 Å². The Morgan fingerprint density at radius 3 is 2.66 bits per heavy atom. The number of carbonyl (C=O) groups excluding carboxylic acids is 1. The van der Waals surface area contributed by atoms with Gasteiger partial charge in [-0.15, -0.1) is 0 Å². The van der Waals surface area contributed by atoms with Crippen LogP contribution < -0.4 is 5.32 Å². The van der Waals surface area contributed by atoms with E-state index in [1.54, 1.807) is 0 Å². The predicted molar refractivity (Wildman–Crippen MR) is 116 cm³/mol. The van der Waals surface area contributed by atoms with Gasteiger partial charge < -0.3 is 14.6 Å². The van der Waals surface area contributed by atoms with Gasteiger partial charge in [0, 0.05) is 30.8 Å². The molecule has 1 saturated heterocycles. The summed E-state index contributed by atoms with van der Waals surface area (Å²) < 4.78 is 7.61. The van der Waals surface area contributed by atoms with Gasteiger partial charge in [0.15, 0.2) is 0 Å². The van der Waals surface area contributed by atoms with Crippen LogP contribution in [0.15, 0.2) is 54.6 Å². The molecule has 0 saturated carbocycles. The van der Waals surface area contributed by atoms with Crippen molar-refractivity contribution >= 4 is 16.8 Å². The largest absolute Gasteiger partial charge is 0.379 e. The van der Waals surface area contributed by atoms with Crippen LogP contribution in [0.5, 0.6) is 0 Å². The van der Waals surface area contributed by atoms with E-state index in [1.165, 1.54) is 16.5 Å². The van der Waals surface area contributed by atoms with Gasteiger partial charge in [-0.25, -0.2) is 0 Å². The Bertz CT molecular complexity index is 989. The van der Waals surface area contributed by atoms with E-state index in [4.69, 9.17) is 4.74 Å². The molecule has 1 N–H and O–H groups in total. The lowest BCUT2D eigenvalue weighted by molar-refractivity contribution is -0.122. The highest BCUT2D eigenvalue weighted by Gasteiger charge is 2.23. The summed E-state index contributed by atoms with van der Waals surface area (Å²) in [5.74, 6) is 0.0420. The summed E-state index contributed by atoms with van der Waals surface area (Å²) in [7, 11) is 0. The van der Waals surface area contributed by atoms with Crippen molar-refractivity contribution in [2.24, 2.45) is 0 Å². The van der Waals surface area contributed by atoms with E-state index in [9.17, 15) is 4.79 Å². The smallest absolute Gasteiger partial charge is 0.240 e. The highest BCUT2D eigenvalue weighted by molar-refractivity contribution is 5.84. The van der Waals surface area contributed by atoms with Crippen molar-refractivity contribution in [2.75, 3.05) is 32.8 Å². The summed E-state index contributed by atoms with van der Waals surface area (Å²) in [5, 5.41) is 4.36. The number of ether oxygens (including phenoxy) is 1. The zero-order valence-corrected chi connectivity index (χ0v) is 17.2. The van der Waals surface area contributed by atoms with Crippen LogP contribution in [0.25, 0.3) is 10.9 Å². The van der Waals surface area contributed by atoms with Crippen LogP contribution in [0.1, 0.15) is 22.9 Å². The first kappa shape index (κ1) is 19.7. The zero-order valence-electron chi connectivity index (χ0n) is 17.2. The van der Waals surface area contributed by atoms with E-state index in [2.05, 4.69) is 71.1 Å². The number of hydrogen-bond acceptors (Lipinski definition) is 3. The lowest BCUT2D eigenvalue weighted by atomic mass is 10.0. The molecule has 5 heteroatoms. The summed E-state index contributed by atoms with van der Waals surface area (Å²) in [4.78, 5) is 15.2. The van der Waals surface area contributed by atoms with E-state index < -0.39 is 0 Å². The molecule has 0 bridgehead atoms. The Kier molecular flexibility index (Phi) is 5.97. The Balaban J connectivity index is 1.47. The Morgan fingerprint density at radius 1 is 1.07 bits per heavy atom. The van der Waals surface area contributed by atoms with Crippen LogP contribution in [0, 0.1) is 13.8 Å². The summed E-state index contributed by atoms with van der Waals surface area (Å²) in [6.45, 7) is 8.35. The SMILES string of the molecule is Cc1cccc([C@H](CNC(=O)Cn2c(C)cc3ccccc32)N2CCOCC2)c1. The third-order valence-corrected chi connectivity index (χ3v) is 5.73. The Labute approximate surface area is 172 Å². The number of aromatic nitrogens is 1. The third-order valence-electron chi connectivity index (χ3n) is 5.73. The van der Waals surface area contributed by atoms with Gasteiger partial charge in [-0.2, -0.15) is 0 Å². The fourth-order valence-electron chi connectivity index (χ4n) is 4.19. The summed E-state index contributed by atoms with van der Waals surface area (Å²) in [6, 6.07) is 19.1. The molecule has 1 fully saturated rings. The average molecular weight is 392 g/mol. The summed E-state index contributed by atoms with van der Waals surface area (Å²) in [5.41, 5.74) is 4.68. The molecule has 1 aliphatic heterocycles. The minimum absolute atomic E-state index is 0.0420. The van der Waals surface area contributed by atoms with Gasteiger partial charge in [0.1, 0.15) is 6.54 Å². The number of para-hydroxylation sites is 1. The van der Waals surface area contributed by atoms with Gasteiger partial charge in [-0.05, 0) is 36.9 Å². The maximum atomic E-state index is 12.8. The number of hydrogen-bond donors (Lipinski definition) is 1. The fraction of sp³-hybridized carbons (Fsp3) is 0.375. The van der Waals surface area contributed by atoms with Crippen LogP contribution in [0.4, 0.5) is 0 Å². The molecule has 5 nitrogen and oxygen atoms in total. The average Bonchev–Trinajstić information content (AvgIpc) is 3.04. The number of nitrogens with one attached hydrogen (secondary N) is 1. The number of rotatable bonds is 6. The first-order valence-corrected chi connectivity index (χ1v) is 10.3. The highest BCUT2D eigenvalue weighted by atomic mass is 16.5. The van der Waals surface area contributed by atoms with Crippen LogP contribution >= 0.6 is 0 Å². The minimum atomic E-state index is 0.0420. The number of aryl methyl sites for hydroxylation is 2. The normalized spacial score (nSPS) is 16.1. The molecule has 0 spiro atoms. The Morgan fingerprint density at radius 2 is 1.86 bits per heavy atom. The molecule has 1 atom stereocenters. The second-order valence-corrected chi connectivity index (χ2v) is 7.81. The molecule has 152 valence electrons. The second-order valence-electron chi connectivity index (χ2n) is 7.81. The van der Waals surface area contributed by atoms with Gasteiger partial charge in [0.2, 0.25) is 5.91 Å². The maximum absolute atomic E-state index is 12.8. The van der Waals surface area contributed by atoms with Gasteiger partial charge in [0.25, 0.3) is 0 Å².